The predicted molar refractivity (Wildman–Crippen MR) is 104 cm³/mol. The molecule has 2 aliphatic rings. The number of carbonyl (C=O) groups excluding carboxylic acids is 1. The number of imidazole rings is 1. The highest BCUT2D eigenvalue weighted by atomic mass is 35.5. The molecule has 0 spiro atoms. The first-order valence-electron chi connectivity index (χ1n) is 9.46. The molecule has 1 fully saturated rings. The van der Waals surface area contributed by atoms with Crippen LogP contribution in [0.2, 0.25) is 5.02 Å². The van der Waals surface area contributed by atoms with Gasteiger partial charge in [0.25, 0.3) is 0 Å². The summed E-state index contributed by atoms with van der Waals surface area (Å²) in [5.41, 5.74) is 2.32. The second kappa shape index (κ2) is 7.90. The first-order chi connectivity index (χ1) is 13.1. The van der Waals surface area contributed by atoms with Crippen molar-refractivity contribution in [1.29, 1.82) is 0 Å². The van der Waals surface area contributed by atoms with Crippen LogP contribution in [0.25, 0.3) is 0 Å². The summed E-state index contributed by atoms with van der Waals surface area (Å²) in [5, 5.41) is 0.718. The molecule has 0 aliphatic carbocycles. The van der Waals surface area contributed by atoms with Crippen LogP contribution in [-0.2, 0) is 24.3 Å². The summed E-state index contributed by atoms with van der Waals surface area (Å²) < 4.78 is 7.56. The molecule has 3 heterocycles. The lowest BCUT2D eigenvalue weighted by atomic mass is 9.96. The van der Waals surface area contributed by atoms with Gasteiger partial charge in [-0.15, -0.1) is 0 Å². The quantitative estimate of drug-likeness (QED) is 0.807. The fourth-order valence-corrected chi connectivity index (χ4v) is 4.26. The monoisotopic (exact) mass is 388 g/mol. The van der Waals surface area contributed by atoms with E-state index in [4.69, 9.17) is 16.3 Å². The molecule has 4 rings (SSSR count). The number of rotatable bonds is 4. The molecule has 27 heavy (non-hydrogen) atoms. The van der Waals surface area contributed by atoms with E-state index < -0.39 is 0 Å². The third-order valence-electron chi connectivity index (χ3n) is 5.63. The number of carbonyl (C=O) groups is 1. The Labute approximate surface area is 164 Å². The van der Waals surface area contributed by atoms with Gasteiger partial charge in [0.2, 0.25) is 5.91 Å². The van der Waals surface area contributed by atoms with Gasteiger partial charge >= 0.3 is 0 Å². The molecule has 0 bridgehead atoms. The SMILES string of the molecule is COc1ccc(Cl)cc1CN1CCN(C(=O)[C@H]2CCc3cncn3C2)CC1. The lowest BCUT2D eigenvalue weighted by Gasteiger charge is -2.37. The van der Waals surface area contributed by atoms with E-state index in [9.17, 15) is 4.79 Å². The van der Waals surface area contributed by atoms with Crippen LogP contribution >= 0.6 is 11.6 Å². The van der Waals surface area contributed by atoms with Crippen LogP contribution in [0.5, 0.6) is 5.75 Å². The number of hydrogen-bond acceptors (Lipinski definition) is 4. The Bertz CT molecular complexity index is 814. The minimum absolute atomic E-state index is 0.0753. The van der Waals surface area contributed by atoms with Gasteiger partial charge in [0.15, 0.2) is 0 Å². The van der Waals surface area contributed by atoms with Crippen molar-refractivity contribution in [1.82, 2.24) is 19.4 Å². The Morgan fingerprint density at radius 3 is 2.89 bits per heavy atom. The number of amides is 1. The van der Waals surface area contributed by atoms with Crippen LogP contribution in [0.3, 0.4) is 0 Å². The Morgan fingerprint density at radius 1 is 1.30 bits per heavy atom. The smallest absolute Gasteiger partial charge is 0.227 e. The lowest BCUT2D eigenvalue weighted by Crippen LogP contribution is -2.50. The predicted octanol–water partition coefficient (Wildman–Crippen LogP) is 2.45. The molecule has 0 N–H and O–H groups in total. The van der Waals surface area contributed by atoms with Crippen LogP contribution in [0.15, 0.2) is 30.7 Å². The topological polar surface area (TPSA) is 50.6 Å². The van der Waals surface area contributed by atoms with Gasteiger partial charge in [-0.2, -0.15) is 0 Å². The summed E-state index contributed by atoms with van der Waals surface area (Å²) in [6, 6.07) is 5.71. The number of aromatic nitrogens is 2. The summed E-state index contributed by atoms with van der Waals surface area (Å²) in [5.74, 6) is 1.22. The number of aryl methyl sites for hydroxylation is 1. The third kappa shape index (κ3) is 3.96. The molecule has 6 nitrogen and oxygen atoms in total. The van der Waals surface area contributed by atoms with E-state index in [1.54, 1.807) is 7.11 Å². The average molecular weight is 389 g/mol. The summed E-state index contributed by atoms with van der Waals surface area (Å²) in [6.45, 7) is 4.82. The maximum Gasteiger partial charge on any atom is 0.227 e. The van der Waals surface area contributed by atoms with Gasteiger partial charge in [0, 0.05) is 61.7 Å². The second-order valence-corrected chi connectivity index (χ2v) is 7.77. The zero-order valence-electron chi connectivity index (χ0n) is 15.6. The molecule has 0 unspecified atom stereocenters. The Morgan fingerprint density at radius 2 is 2.11 bits per heavy atom. The van der Waals surface area contributed by atoms with Crippen molar-refractivity contribution < 1.29 is 9.53 Å². The largest absolute Gasteiger partial charge is 0.496 e. The number of ether oxygens (including phenoxy) is 1. The van der Waals surface area contributed by atoms with Crippen molar-refractivity contribution in [2.45, 2.75) is 25.9 Å². The van der Waals surface area contributed by atoms with Gasteiger partial charge in [-0.25, -0.2) is 4.98 Å². The van der Waals surface area contributed by atoms with Crippen molar-refractivity contribution >= 4 is 17.5 Å². The third-order valence-corrected chi connectivity index (χ3v) is 5.87. The summed E-state index contributed by atoms with van der Waals surface area (Å²) >= 11 is 6.14. The molecule has 2 aliphatic heterocycles. The molecule has 2 aromatic rings. The number of nitrogens with zero attached hydrogens (tertiary/aromatic N) is 4. The average Bonchev–Trinajstić information content (AvgIpc) is 3.16. The number of halogens is 1. The summed E-state index contributed by atoms with van der Waals surface area (Å²) in [6.07, 6.45) is 5.60. The molecular formula is C20H25ClN4O2. The van der Waals surface area contributed by atoms with Gasteiger partial charge in [0.05, 0.1) is 19.4 Å². The molecule has 0 saturated carbocycles. The molecule has 7 heteroatoms. The maximum absolute atomic E-state index is 12.9. The Kier molecular flexibility index (Phi) is 5.36. The molecule has 0 radical (unpaired) electrons. The van der Waals surface area contributed by atoms with E-state index in [1.807, 2.05) is 35.6 Å². The zero-order chi connectivity index (χ0) is 18.8. The van der Waals surface area contributed by atoms with Crippen molar-refractivity contribution in [3.63, 3.8) is 0 Å². The van der Waals surface area contributed by atoms with E-state index in [0.29, 0.717) is 0 Å². The molecule has 1 aromatic carbocycles. The number of methoxy groups -OCH3 is 1. The minimum Gasteiger partial charge on any atom is -0.496 e. The first kappa shape index (κ1) is 18.3. The molecule has 1 saturated heterocycles. The molecular weight excluding hydrogens is 364 g/mol. The highest BCUT2D eigenvalue weighted by molar-refractivity contribution is 6.30. The van der Waals surface area contributed by atoms with E-state index in [0.717, 1.165) is 68.4 Å². The van der Waals surface area contributed by atoms with Crippen LogP contribution in [0, 0.1) is 5.92 Å². The van der Waals surface area contributed by atoms with E-state index in [2.05, 4.69) is 14.5 Å². The first-order valence-corrected chi connectivity index (χ1v) is 9.84. The molecule has 144 valence electrons. The van der Waals surface area contributed by atoms with Crippen molar-refractivity contribution in [2.24, 2.45) is 5.92 Å². The minimum atomic E-state index is 0.0753. The summed E-state index contributed by atoms with van der Waals surface area (Å²) in [7, 11) is 1.68. The Balaban J connectivity index is 1.33. The van der Waals surface area contributed by atoms with Crippen molar-refractivity contribution in [3.8, 4) is 5.75 Å². The van der Waals surface area contributed by atoms with Crippen molar-refractivity contribution in [2.75, 3.05) is 33.3 Å². The van der Waals surface area contributed by atoms with E-state index in [-0.39, 0.29) is 11.8 Å². The van der Waals surface area contributed by atoms with E-state index in [1.165, 1.54) is 5.69 Å². The van der Waals surface area contributed by atoms with Gasteiger partial charge in [-0.1, -0.05) is 11.6 Å². The fraction of sp³-hybridized carbons (Fsp3) is 0.500. The molecule has 1 atom stereocenters. The number of hydrogen-bond donors (Lipinski definition) is 0. The maximum atomic E-state index is 12.9. The number of piperazine rings is 1. The van der Waals surface area contributed by atoms with Gasteiger partial charge < -0.3 is 14.2 Å². The highest BCUT2D eigenvalue weighted by Crippen LogP contribution is 2.25. The fourth-order valence-electron chi connectivity index (χ4n) is 4.07. The lowest BCUT2D eigenvalue weighted by molar-refractivity contribution is -0.138. The van der Waals surface area contributed by atoms with E-state index >= 15 is 0 Å². The van der Waals surface area contributed by atoms with Gasteiger partial charge in [0.1, 0.15) is 5.75 Å². The highest BCUT2D eigenvalue weighted by Gasteiger charge is 2.30. The number of benzene rings is 1. The van der Waals surface area contributed by atoms with Gasteiger partial charge in [-0.3, -0.25) is 9.69 Å². The summed E-state index contributed by atoms with van der Waals surface area (Å²) in [4.78, 5) is 21.5. The van der Waals surface area contributed by atoms with Crippen LogP contribution < -0.4 is 4.74 Å². The number of fused-ring (bicyclic) bond motifs is 1. The van der Waals surface area contributed by atoms with Crippen LogP contribution in [0.1, 0.15) is 17.7 Å². The van der Waals surface area contributed by atoms with Crippen molar-refractivity contribution in [3.05, 3.63) is 47.0 Å². The van der Waals surface area contributed by atoms with Gasteiger partial charge in [-0.05, 0) is 31.0 Å². The molecule has 1 amide bonds. The van der Waals surface area contributed by atoms with Crippen LogP contribution in [-0.4, -0.2) is 58.5 Å². The second-order valence-electron chi connectivity index (χ2n) is 7.33. The Hall–Kier alpha value is -2.05. The van der Waals surface area contributed by atoms with Crippen LogP contribution in [0.4, 0.5) is 0 Å². The normalized spacial score (nSPS) is 20.4. The molecule has 1 aromatic heterocycles. The zero-order valence-corrected chi connectivity index (χ0v) is 16.4. The standard InChI is InChI=1S/C20H25ClN4O2/c1-27-19-5-3-17(21)10-16(19)12-23-6-8-24(9-7-23)20(26)15-2-4-18-11-22-14-25(18)13-15/h3,5,10-11,14-15H,2,4,6-9,12-13H2,1H3/t15-/m0/s1.